The first-order chi connectivity index (χ1) is 9.75. The minimum Gasteiger partial charge on any atom is -0.496 e. The van der Waals surface area contributed by atoms with E-state index >= 15 is 0 Å². The van der Waals surface area contributed by atoms with Gasteiger partial charge in [0.05, 0.1) is 14.2 Å². The SMILES string of the molecule is CNCc1ccc(Oc2cc(OC)cc(OC)c2)cc1. The molecule has 0 fully saturated rings. The molecule has 2 aromatic carbocycles. The number of benzene rings is 2. The molecule has 2 rings (SSSR count). The van der Waals surface area contributed by atoms with Gasteiger partial charge >= 0.3 is 0 Å². The largest absolute Gasteiger partial charge is 0.496 e. The second-order valence-corrected chi connectivity index (χ2v) is 4.32. The summed E-state index contributed by atoms with van der Waals surface area (Å²) in [4.78, 5) is 0. The van der Waals surface area contributed by atoms with Crippen molar-refractivity contribution in [2.24, 2.45) is 0 Å². The van der Waals surface area contributed by atoms with Gasteiger partial charge in [0.15, 0.2) is 0 Å². The van der Waals surface area contributed by atoms with Gasteiger partial charge in [0.25, 0.3) is 0 Å². The minimum absolute atomic E-state index is 0.683. The summed E-state index contributed by atoms with van der Waals surface area (Å²) in [5, 5.41) is 3.11. The fraction of sp³-hybridized carbons (Fsp3) is 0.250. The summed E-state index contributed by atoms with van der Waals surface area (Å²) in [6.07, 6.45) is 0. The third-order valence-electron chi connectivity index (χ3n) is 2.86. The van der Waals surface area contributed by atoms with E-state index in [1.807, 2.05) is 49.5 Å². The summed E-state index contributed by atoms with van der Waals surface area (Å²) >= 11 is 0. The summed E-state index contributed by atoms with van der Waals surface area (Å²) in [6, 6.07) is 13.4. The number of hydrogen-bond donors (Lipinski definition) is 1. The van der Waals surface area contributed by atoms with Crippen LogP contribution in [-0.2, 0) is 6.54 Å². The Morgan fingerprint density at radius 3 is 1.85 bits per heavy atom. The molecular weight excluding hydrogens is 254 g/mol. The Bertz CT molecular complexity index is 530. The van der Waals surface area contributed by atoms with Gasteiger partial charge in [-0.15, -0.1) is 0 Å². The Balaban J connectivity index is 2.16. The lowest BCUT2D eigenvalue weighted by molar-refractivity contribution is 0.386. The van der Waals surface area contributed by atoms with E-state index in [9.17, 15) is 0 Å². The fourth-order valence-corrected chi connectivity index (χ4v) is 1.86. The average Bonchev–Trinajstić information content (AvgIpc) is 2.49. The highest BCUT2D eigenvalue weighted by Crippen LogP contribution is 2.30. The van der Waals surface area contributed by atoms with Crippen molar-refractivity contribution >= 4 is 0 Å². The lowest BCUT2D eigenvalue weighted by Gasteiger charge is -2.10. The van der Waals surface area contributed by atoms with Crippen molar-refractivity contribution < 1.29 is 14.2 Å². The van der Waals surface area contributed by atoms with Gasteiger partial charge in [0.1, 0.15) is 23.0 Å². The first-order valence-corrected chi connectivity index (χ1v) is 6.39. The quantitative estimate of drug-likeness (QED) is 0.877. The third-order valence-corrected chi connectivity index (χ3v) is 2.86. The Morgan fingerprint density at radius 1 is 0.800 bits per heavy atom. The van der Waals surface area contributed by atoms with Crippen LogP contribution in [0.4, 0.5) is 0 Å². The van der Waals surface area contributed by atoms with Crippen LogP contribution < -0.4 is 19.5 Å². The standard InChI is InChI=1S/C16H19NO3/c1-17-11-12-4-6-13(7-5-12)20-16-9-14(18-2)8-15(10-16)19-3/h4-10,17H,11H2,1-3H3. The molecule has 1 N–H and O–H groups in total. The van der Waals surface area contributed by atoms with Gasteiger partial charge in [0, 0.05) is 24.7 Å². The van der Waals surface area contributed by atoms with Crippen LogP contribution in [0.3, 0.4) is 0 Å². The van der Waals surface area contributed by atoms with E-state index in [1.54, 1.807) is 14.2 Å². The smallest absolute Gasteiger partial charge is 0.134 e. The topological polar surface area (TPSA) is 39.7 Å². The molecule has 0 amide bonds. The number of rotatable bonds is 6. The van der Waals surface area contributed by atoms with Crippen molar-refractivity contribution in [3.8, 4) is 23.0 Å². The highest BCUT2D eigenvalue weighted by atomic mass is 16.5. The summed E-state index contributed by atoms with van der Waals surface area (Å²) in [5.41, 5.74) is 1.21. The Hall–Kier alpha value is -2.20. The summed E-state index contributed by atoms with van der Waals surface area (Å²) < 4.78 is 16.3. The number of methoxy groups -OCH3 is 2. The van der Waals surface area contributed by atoms with Crippen LogP contribution in [0.2, 0.25) is 0 Å². The summed E-state index contributed by atoms with van der Waals surface area (Å²) in [5.74, 6) is 2.86. The zero-order valence-electron chi connectivity index (χ0n) is 12.0. The minimum atomic E-state index is 0.683. The Labute approximate surface area is 119 Å². The highest BCUT2D eigenvalue weighted by molar-refractivity contribution is 5.44. The summed E-state index contributed by atoms with van der Waals surface area (Å²) in [6.45, 7) is 0.841. The molecule has 0 bridgehead atoms. The van der Waals surface area contributed by atoms with E-state index in [4.69, 9.17) is 14.2 Å². The van der Waals surface area contributed by atoms with Gasteiger partial charge in [-0.2, -0.15) is 0 Å². The highest BCUT2D eigenvalue weighted by Gasteiger charge is 2.04. The van der Waals surface area contributed by atoms with E-state index in [0.29, 0.717) is 17.2 Å². The Morgan fingerprint density at radius 2 is 1.35 bits per heavy atom. The molecule has 0 saturated carbocycles. The zero-order valence-corrected chi connectivity index (χ0v) is 12.0. The van der Waals surface area contributed by atoms with Gasteiger partial charge < -0.3 is 19.5 Å². The molecule has 0 unspecified atom stereocenters. The number of nitrogens with one attached hydrogen (secondary N) is 1. The fourth-order valence-electron chi connectivity index (χ4n) is 1.86. The predicted octanol–water partition coefficient (Wildman–Crippen LogP) is 3.22. The maximum atomic E-state index is 5.82. The van der Waals surface area contributed by atoms with Crippen LogP contribution in [0, 0.1) is 0 Å². The molecule has 0 heterocycles. The van der Waals surface area contributed by atoms with E-state index in [0.717, 1.165) is 12.3 Å². The monoisotopic (exact) mass is 273 g/mol. The molecule has 0 aromatic heterocycles. The van der Waals surface area contributed by atoms with E-state index < -0.39 is 0 Å². The van der Waals surface area contributed by atoms with Crippen molar-refractivity contribution in [3.63, 3.8) is 0 Å². The van der Waals surface area contributed by atoms with Gasteiger partial charge in [-0.05, 0) is 24.7 Å². The zero-order chi connectivity index (χ0) is 14.4. The van der Waals surface area contributed by atoms with Crippen molar-refractivity contribution in [1.82, 2.24) is 5.32 Å². The van der Waals surface area contributed by atoms with Crippen molar-refractivity contribution in [2.75, 3.05) is 21.3 Å². The normalized spacial score (nSPS) is 10.2. The maximum absolute atomic E-state index is 5.82. The van der Waals surface area contributed by atoms with E-state index in [1.165, 1.54) is 5.56 Å². The molecule has 2 aromatic rings. The lowest BCUT2D eigenvalue weighted by Crippen LogP contribution is -2.04. The predicted molar refractivity (Wildman–Crippen MR) is 78.8 cm³/mol. The number of hydrogen-bond acceptors (Lipinski definition) is 4. The second-order valence-electron chi connectivity index (χ2n) is 4.32. The molecule has 4 nitrogen and oxygen atoms in total. The van der Waals surface area contributed by atoms with E-state index in [2.05, 4.69) is 5.32 Å². The van der Waals surface area contributed by atoms with Crippen LogP contribution in [0.5, 0.6) is 23.0 Å². The molecule has 4 heteroatoms. The molecule has 0 atom stereocenters. The van der Waals surface area contributed by atoms with Crippen LogP contribution in [0.1, 0.15) is 5.56 Å². The lowest BCUT2D eigenvalue weighted by atomic mass is 10.2. The average molecular weight is 273 g/mol. The maximum Gasteiger partial charge on any atom is 0.134 e. The van der Waals surface area contributed by atoms with Gasteiger partial charge in [0.2, 0.25) is 0 Å². The molecule has 0 saturated heterocycles. The van der Waals surface area contributed by atoms with Crippen LogP contribution in [-0.4, -0.2) is 21.3 Å². The molecule has 0 spiro atoms. The molecule has 0 aliphatic carbocycles. The van der Waals surface area contributed by atoms with Crippen LogP contribution in [0.25, 0.3) is 0 Å². The van der Waals surface area contributed by atoms with Crippen molar-refractivity contribution in [2.45, 2.75) is 6.54 Å². The Kier molecular flexibility index (Phi) is 4.85. The molecular formula is C16H19NO3. The molecule has 0 aliphatic heterocycles. The van der Waals surface area contributed by atoms with E-state index in [-0.39, 0.29) is 0 Å². The van der Waals surface area contributed by atoms with Gasteiger partial charge in [-0.3, -0.25) is 0 Å². The first-order valence-electron chi connectivity index (χ1n) is 6.39. The summed E-state index contributed by atoms with van der Waals surface area (Å²) in [7, 11) is 5.16. The first kappa shape index (κ1) is 14.2. The molecule has 0 aliphatic rings. The van der Waals surface area contributed by atoms with Gasteiger partial charge in [-0.25, -0.2) is 0 Å². The third kappa shape index (κ3) is 3.65. The number of ether oxygens (including phenoxy) is 3. The second kappa shape index (κ2) is 6.82. The molecule has 20 heavy (non-hydrogen) atoms. The van der Waals surface area contributed by atoms with Crippen LogP contribution in [0.15, 0.2) is 42.5 Å². The van der Waals surface area contributed by atoms with Crippen LogP contribution >= 0.6 is 0 Å². The van der Waals surface area contributed by atoms with Gasteiger partial charge in [-0.1, -0.05) is 12.1 Å². The molecule has 0 radical (unpaired) electrons. The van der Waals surface area contributed by atoms with Crippen molar-refractivity contribution in [1.29, 1.82) is 0 Å². The van der Waals surface area contributed by atoms with Crippen molar-refractivity contribution in [3.05, 3.63) is 48.0 Å². The molecule has 106 valence electrons.